The highest BCUT2D eigenvalue weighted by atomic mass is 19.1. The van der Waals surface area contributed by atoms with E-state index in [-0.39, 0.29) is 5.82 Å². The molecule has 0 bridgehead atoms. The molecule has 0 spiro atoms. The Balaban J connectivity index is 2.13. The van der Waals surface area contributed by atoms with E-state index in [1.54, 1.807) is 12.1 Å². The molecule has 2 N–H and O–H groups in total. The highest BCUT2D eigenvalue weighted by molar-refractivity contribution is 5.47. The predicted octanol–water partition coefficient (Wildman–Crippen LogP) is 1.89. The maximum atomic E-state index is 13.3. The maximum absolute atomic E-state index is 13.3. The van der Waals surface area contributed by atoms with Crippen molar-refractivity contribution in [2.45, 2.75) is 19.9 Å². The van der Waals surface area contributed by atoms with E-state index in [0.717, 1.165) is 25.3 Å². The molecule has 1 atom stereocenters. The summed E-state index contributed by atoms with van der Waals surface area (Å²) in [7, 11) is 0. The number of hydrogen-bond donors (Lipinski definition) is 1. The Kier molecular flexibility index (Phi) is 4.19. The number of rotatable bonds is 3. The van der Waals surface area contributed by atoms with Gasteiger partial charge in [0.2, 0.25) is 0 Å². The Morgan fingerprint density at radius 1 is 1.39 bits per heavy atom. The molecule has 1 heterocycles. The largest absolute Gasteiger partial charge is 0.369 e. The molecule has 4 heteroatoms. The minimum absolute atomic E-state index is 0.171. The van der Waals surface area contributed by atoms with Crippen molar-refractivity contribution < 1.29 is 4.39 Å². The lowest BCUT2D eigenvalue weighted by molar-refractivity contribution is 0.142. The molecule has 0 radical (unpaired) electrons. The molecule has 1 fully saturated rings. The summed E-state index contributed by atoms with van der Waals surface area (Å²) in [6, 6.07) is 7.27. The van der Waals surface area contributed by atoms with E-state index in [0.29, 0.717) is 18.6 Å². The first kappa shape index (κ1) is 13.3. The van der Waals surface area contributed by atoms with E-state index in [1.807, 2.05) is 6.07 Å². The zero-order valence-electron chi connectivity index (χ0n) is 11.1. The van der Waals surface area contributed by atoms with Crippen LogP contribution in [0.2, 0.25) is 0 Å². The van der Waals surface area contributed by atoms with E-state index < -0.39 is 0 Å². The lowest BCUT2D eigenvalue weighted by Gasteiger charge is -2.43. The third kappa shape index (κ3) is 2.82. The molecule has 18 heavy (non-hydrogen) atoms. The highest BCUT2D eigenvalue weighted by Gasteiger charge is 2.28. The fourth-order valence-corrected chi connectivity index (χ4v) is 2.61. The molecule has 0 saturated carbocycles. The Labute approximate surface area is 108 Å². The first-order valence-electron chi connectivity index (χ1n) is 6.56. The molecule has 100 valence electrons. The minimum atomic E-state index is -0.171. The Morgan fingerprint density at radius 2 is 2.17 bits per heavy atom. The zero-order chi connectivity index (χ0) is 13.1. The van der Waals surface area contributed by atoms with Gasteiger partial charge in [-0.2, -0.15) is 0 Å². The van der Waals surface area contributed by atoms with Gasteiger partial charge in [0.15, 0.2) is 0 Å². The Bertz CT molecular complexity index is 394. The molecule has 1 aromatic rings. The van der Waals surface area contributed by atoms with Crippen molar-refractivity contribution in [2.75, 3.05) is 31.2 Å². The topological polar surface area (TPSA) is 32.5 Å². The summed E-state index contributed by atoms with van der Waals surface area (Å²) < 4.78 is 13.3. The quantitative estimate of drug-likeness (QED) is 0.890. The van der Waals surface area contributed by atoms with Crippen molar-refractivity contribution in [3.05, 3.63) is 30.1 Å². The molecule has 1 aromatic carbocycles. The molecule has 0 amide bonds. The highest BCUT2D eigenvalue weighted by Crippen LogP contribution is 2.22. The van der Waals surface area contributed by atoms with E-state index in [2.05, 4.69) is 23.6 Å². The average Bonchev–Trinajstić information content (AvgIpc) is 2.38. The molecule has 1 saturated heterocycles. The summed E-state index contributed by atoms with van der Waals surface area (Å²) >= 11 is 0. The second-order valence-electron chi connectivity index (χ2n) is 5.23. The number of anilines is 1. The normalized spacial score (nSPS) is 21.6. The van der Waals surface area contributed by atoms with Crippen LogP contribution in [-0.2, 0) is 0 Å². The van der Waals surface area contributed by atoms with Gasteiger partial charge < -0.3 is 10.6 Å². The summed E-state index contributed by atoms with van der Waals surface area (Å²) in [6.45, 7) is 7.78. The average molecular weight is 251 g/mol. The van der Waals surface area contributed by atoms with Crippen LogP contribution in [0.5, 0.6) is 0 Å². The van der Waals surface area contributed by atoms with Gasteiger partial charge in [0.25, 0.3) is 0 Å². The Hall–Kier alpha value is -1.13. The number of hydrogen-bond acceptors (Lipinski definition) is 3. The summed E-state index contributed by atoms with van der Waals surface area (Å²) in [5.41, 5.74) is 6.76. The van der Waals surface area contributed by atoms with Gasteiger partial charge in [0.1, 0.15) is 5.82 Å². The van der Waals surface area contributed by atoms with Crippen LogP contribution in [0.1, 0.15) is 13.8 Å². The Morgan fingerprint density at radius 3 is 2.78 bits per heavy atom. The van der Waals surface area contributed by atoms with E-state index in [4.69, 9.17) is 5.73 Å². The number of nitrogens with zero attached hydrogens (tertiary/aromatic N) is 2. The third-order valence-electron chi connectivity index (χ3n) is 3.71. The van der Waals surface area contributed by atoms with Gasteiger partial charge in [-0.05, 0) is 24.1 Å². The number of nitrogens with two attached hydrogens (primary N) is 1. The molecule has 2 rings (SSSR count). The summed E-state index contributed by atoms with van der Waals surface area (Å²) in [4.78, 5) is 4.56. The smallest absolute Gasteiger partial charge is 0.125 e. The minimum Gasteiger partial charge on any atom is -0.369 e. The van der Waals surface area contributed by atoms with E-state index in [9.17, 15) is 4.39 Å². The molecule has 0 aromatic heterocycles. The van der Waals surface area contributed by atoms with Crippen molar-refractivity contribution in [2.24, 2.45) is 11.7 Å². The summed E-state index contributed by atoms with van der Waals surface area (Å²) in [5, 5.41) is 0. The second-order valence-corrected chi connectivity index (χ2v) is 5.23. The monoisotopic (exact) mass is 251 g/mol. The van der Waals surface area contributed by atoms with Gasteiger partial charge in [-0.3, -0.25) is 4.90 Å². The van der Waals surface area contributed by atoms with E-state index >= 15 is 0 Å². The summed E-state index contributed by atoms with van der Waals surface area (Å²) in [5.74, 6) is 0.375. The number of piperazine rings is 1. The molecule has 0 aliphatic carbocycles. The predicted molar refractivity (Wildman–Crippen MR) is 73.0 cm³/mol. The van der Waals surface area contributed by atoms with Crippen molar-refractivity contribution in [3.8, 4) is 0 Å². The van der Waals surface area contributed by atoms with Crippen LogP contribution in [0.3, 0.4) is 0 Å². The van der Waals surface area contributed by atoms with Crippen molar-refractivity contribution in [3.63, 3.8) is 0 Å². The maximum Gasteiger partial charge on any atom is 0.125 e. The summed E-state index contributed by atoms with van der Waals surface area (Å²) in [6.07, 6.45) is 0. The van der Waals surface area contributed by atoms with Crippen LogP contribution in [0.15, 0.2) is 24.3 Å². The van der Waals surface area contributed by atoms with Crippen molar-refractivity contribution >= 4 is 5.69 Å². The van der Waals surface area contributed by atoms with Crippen LogP contribution in [0, 0.1) is 11.7 Å². The molecule has 1 aliphatic heterocycles. The van der Waals surface area contributed by atoms with E-state index in [1.165, 1.54) is 6.07 Å². The van der Waals surface area contributed by atoms with Crippen LogP contribution in [0.4, 0.5) is 10.1 Å². The standard InChI is InChI=1S/C14H22FN3/c1-11(2)14-9-17(6-7-18(14)10-16)13-5-3-4-12(15)8-13/h3-5,8,11,14H,6-7,9-10,16H2,1-2H3. The van der Waals surface area contributed by atoms with Crippen LogP contribution >= 0.6 is 0 Å². The van der Waals surface area contributed by atoms with Gasteiger partial charge >= 0.3 is 0 Å². The van der Waals surface area contributed by atoms with Crippen LogP contribution < -0.4 is 10.6 Å². The van der Waals surface area contributed by atoms with Gasteiger partial charge in [-0.1, -0.05) is 19.9 Å². The van der Waals surface area contributed by atoms with Gasteiger partial charge in [-0.15, -0.1) is 0 Å². The first-order valence-corrected chi connectivity index (χ1v) is 6.56. The SMILES string of the molecule is CC(C)C1CN(c2cccc(F)c2)CCN1CN. The van der Waals surface area contributed by atoms with Gasteiger partial charge in [0, 0.05) is 38.0 Å². The van der Waals surface area contributed by atoms with Crippen LogP contribution in [0.25, 0.3) is 0 Å². The number of benzene rings is 1. The molecule has 3 nitrogen and oxygen atoms in total. The fraction of sp³-hybridized carbons (Fsp3) is 0.571. The fourth-order valence-electron chi connectivity index (χ4n) is 2.61. The van der Waals surface area contributed by atoms with Gasteiger partial charge in [0.05, 0.1) is 0 Å². The molecule has 1 unspecified atom stereocenters. The van der Waals surface area contributed by atoms with Crippen molar-refractivity contribution in [1.82, 2.24) is 4.90 Å². The lowest BCUT2D eigenvalue weighted by Crippen LogP contribution is -2.56. The van der Waals surface area contributed by atoms with Gasteiger partial charge in [-0.25, -0.2) is 4.39 Å². The first-order chi connectivity index (χ1) is 8.61. The second kappa shape index (κ2) is 5.67. The molecular formula is C14H22FN3. The molecular weight excluding hydrogens is 229 g/mol. The molecule has 1 aliphatic rings. The zero-order valence-corrected chi connectivity index (χ0v) is 11.1. The number of halogens is 1. The van der Waals surface area contributed by atoms with Crippen molar-refractivity contribution in [1.29, 1.82) is 0 Å². The van der Waals surface area contributed by atoms with Crippen LogP contribution in [-0.4, -0.2) is 37.2 Å². The third-order valence-corrected chi connectivity index (χ3v) is 3.71. The lowest BCUT2D eigenvalue weighted by atomic mass is 9.99.